The highest BCUT2D eigenvalue weighted by molar-refractivity contribution is 5.38. The van der Waals surface area contributed by atoms with Crippen molar-refractivity contribution in [3.8, 4) is 0 Å². The topological polar surface area (TPSA) is 32.3 Å². The van der Waals surface area contributed by atoms with E-state index < -0.39 is 5.60 Å². The lowest BCUT2D eigenvalue weighted by Crippen LogP contribution is -2.46. The summed E-state index contributed by atoms with van der Waals surface area (Å²) in [7, 11) is 0. The van der Waals surface area contributed by atoms with Crippen molar-refractivity contribution in [1.82, 2.24) is 5.32 Å². The molecule has 3 rings (SSSR count). The Bertz CT molecular complexity index is 426. The van der Waals surface area contributed by atoms with Crippen LogP contribution in [0.4, 0.5) is 0 Å². The van der Waals surface area contributed by atoms with Gasteiger partial charge < -0.3 is 10.4 Å². The van der Waals surface area contributed by atoms with Gasteiger partial charge in [-0.3, -0.25) is 0 Å². The van der Waals surface area contributed by atoms with E-state index in [2.05, 4.69) is 29.6 Å². The highest BCUT2D eigenvalue weighted by atomic mass is 16.3. The fraction of sp³-hybridized carbons (Fsp3) is 0.429. The second-order valence-electron chi connectivity index (χ2n) is 4.78. The predicted octanol–water partition coefficient (Wildman–Crippen LogP) is 2.09. The van der Waals surface area contributed by atoms with Gasteiger partial charge in [0.15, 0.2) is 0 Å². The highest BCUT2D eigenvalue weighted by Crippen LogP contribution is 2.41. The molecule has 1 aliphatic heterocycles. The molecule has 1 aromatic carbocycles. The molecule has 1 heterocycles. The van der Waals surface area contributed by atoms with Crippen molar-refractivity contribution in [3.05, 3.63) is 47.7 Å². The van der Waals surface area contributed by atoms with Crippen LogP contribution in [-0.4, -0.2) is 11.1 Å². The van der Waals surface area contributed by atoms with E-state index >= 15 is 0 Å². The molecule has 2 unspecified atom stereocenters. The molecule has 84 valence electrons. The first-order valence-corrected chi connectivity index (χ1v) is 6.02. The minimum Gasteiger partial charge on any atom is -0.385 e. The first-order chi connectivity index (χ1) is 7.81. The van der Waals surface area contributed by atoms with Crippen LogP contribution in [0, 0.1) is 0 Å². The van der Waals surface area contributed by atoms with Crippen molar-refractivity contribution in [2.75, 3.05) is 0 Å². The van der Waals surface area contributed by atoms with Crippen LogP contribution in [0.5, 0.6) is 0 Å². The van der Waals surface area contributed by atoms with Gasteiger partial charge in [0, 0.05) is 0 Å². The van der Waals surface area contributed by atoms with Crippen LogP contribution in [0.3, 0.4) is 0 Å². The predicted molar refractivity (Wildman–Crippen MR) is 64.0 cm³/mol. The van der Waals surface area contributed by atoms with Crippen LogP contribution in [-0.2, 0) is 12.0 Å². The van der Waals surface area contributed by atoms with Crippen LogP contribution in [0.15, 0.2) is 36.5 Å². The number of fused-ring (bicyclic) bond motifs is 1. The lowest BCUT2D eigenvalue weighted by molar-refractivity contribution is -0.00135. The van der Waals surface area contributed by atoms with E-state index in [0.29, 0.717) is 0 Å². The number of hydrogen-bond donors (Lipinski definition) is 2. The number of rotatable bonds is 1. The Morgan fingerprint density at radius 2 is 2.19 bits per heavy atom. The van der Waals surface area contributed by atoms with E-state index in [1.165, 1.54) is 5.56 Å². The van der Waals surface area contributed by atoms with E-state index in [-0.39, 0.29) is 6.04 Å². The van der Waals surface area contributed by atoms with Crippen molar-refractivity contribution in [3.63, 3.8) is 0 Å². The van der Waals surface area contributed by atoms with Crippen LogP contribution in [0.25, 0.3) is 0 Å². The lowest BCUT2D eigenvalue weighted by Gasteiger charge is -2.35. The summed E-state index contributed by atoms with van der Waals surface area (Å²) < 4.78 is 0. The molecule has 2 N–H and O–H groups in total. The molecule has 0 amide bonds. The molecular formula is C14H17NO. The summed E-state index contributed by atoms with van der Waals surface area (Å²) >= 11 is 0. The molecule has 0 aromatic heterocycles. The lowest BCUT2D eigenvalue weighted by atomic mass is 9.84. The summed E-state index contributed by atoms with van der Waals surface area (Å²) in [4.78, 5) is 0. The van der Waals surface area contributed by atoms with Gasteiger partial charge in [0.1, 0.15) is 5.60 Å². The molecule has 0 saturated carbocycles. The average Bonchev–Trinajstić information content (AvgIpc) is 2.71. The third-order valence-corrected chi connectivity index (χ3v) is 3.87. The fourth-order valence-corrected chi connectivity index (χ4v) is 2.97. The summed E-state index contributed by atoms with van der Waals surface area (Å²) in [5, 5.41) is 14.2. The summed E-state index contributed by atoms with van der Waals surface area (Å²) in [5.74, 6) is 0. The molecule has 2 aliphatic rings. The van der Waals surface area contributed by atoms with Gasteiger partial charge in [0.25, 0.3) is 0 Å². The standard InChI is InChI=1S/C14H17NO/c16-14(13-7-3-4-10-15-13)9-8-11-5-1-2-6-12(11)14/h1-2,4-6,10,13,15-16H,3,7-9H2. The average molecular weight is 215 g/mol. The van der Waals surface area contributed by atoms with Crippen molar-refractivity contribution in [2.45, 2.75) is 37.3 Å². The normalized spacial score (nSPS) is 32.2. The smallest absolute Gasteiger partial charge is 0.110 e. The molecule has 2 nitrogen and oxygen atoms in total. The molecule has 0 bridgehead atoms. The van der Waals surface area contributed by atoms with Gasteiger partial charge >= 0.3 is 0 Å². The number of benzene rings is 1. The van der Waals surface area contributed by atoms with Gasteiger partial charge in [-0.1, -0.05) is 30.3 Å². The van der Waals surface area contributed by atoms with E-state index in [0.717, 1.165) is 31.2 Å². The zero-order valence-corrected chi connectivity index (χ0v) is 9.32. The van der Waals surface area contributed by atoms with E-state index in [4.69, 9.17) is 0 Å². The Morgan fingerprint density at radius 1 is 1.31 bits per heavy atom. The van der Waals surface area contributed by atoms with Crippen LogP contribution >= 0.6 is 0 Å². The number of aliphatic hydroxyl groups is 1. The molecule has 0 radical (unpaired) electrons. The minimum absolute atomic E-state index is 0.168. The van der Waals surface area contributed by atoms with Crippen LogP contribution < -0.4 is 5.32 Å². The van der Waals surface area contributed by atoms with Crippen molar-refractivity contribution in [1.29, 1.82) is 0 Å². The van der Waals surface area contributed by atoms with E-state index in [1.54, 1.807) is 0 Å². The van der Waals surface area contributed by atoms with Gasteiger partial charge in [-0.05, 0) is 43.0 Å². The summed E-state index contributed by atoms with van der Waals surface area (Å²) in [6.45, 7) is 0. The number of aryl methyl sites for hydroxylation is 1. The molecule has 2 heteroatoms. The Hall–Kier alpha value is -1.28. The maximum absolute atomic E-state index is 10.9. The van der Waals surface area contributed by atoms with Crippen LogP contribution in [0.1, 0.15) is 30.4 Å². The van der Waals surface area contributed by atoms with Gasteiger partial charge in [-0.25, -0.2) is 0 Å². The molecule has 1 aliphatic carbocycles. The van der Waals surface area contributed by atoms with Gasteiger partial charge in [0.05, 0.1) is 6.04 Å². The van der Waals surface area contributed by atoms with E-state index in [1.807, 2.05) is 12.3 Å². The highest BCUT2D eigenvalue weighted by Gasteiger charge is 2.43. The third-order valence-electron chi connectivity index (χ3n) is 3.87. The molecule has 0 fully saturated rings. The first kappa shape index (κ1) is 9.91. The zero-order valence-electron chi connectivity index (χ0n) is 9.32. The van der Waals surface area contributed by atoms with Crippen molar-refractivity contribution >= 4 is 0 Å². The van der Waals surface area contributed by atoms with Gasteiger partial charge in [-0.15, -0.1) is 0 Å². The third kappa shape index (κ3) is 1.37. The minimum atomic E-state index is -0.665. The van der Waals surface area contributed by atoms with Crippen molar-refractivity contribution in [2.24, 2.45) is 0 Å². The van der Waals surface area contributed by atoms with Gasteiger partial charge in [-0.2, -0.15) is 0 Å². The SMILES string of the molecule is OC1(C2CCC=CN2)CCc2ccccc21. The molecule has 2 atom stereocenters. The van der Waals surface area contributed by atoms with Gasteiger partial charge in [0.2, 0.25) is 0 Å². The van der Waals surface area contributed by atoms with Crippen molar-refractivity contribution < 1.29 is 5.11 Å². The summed E-state index contributed by atoms with van der Waals surface area (Å²) in [6.07, 6.45) is 8.02. The molecule has 0 saturated heterocycles. The maximum Gasteiger partial charge on any atom is 0.110 e. The van der Waals surface area contributed by atoms with Crippen LogP contribution in [0.2, 0.25) is 0 Å². The number of nitrogens with one attached hydrogen (secondary N) is 1. The number of allylic oxidation sites excluding steroid dienone is 1. The fourth-order valence-electron chi connectivity index (χ4n) is 2.97. The second-order valence-corrected chi connectivity index (χ2v) is 4.78. The number of hydrogen-bond acceptors (Lipinski definition) is 2. The molecule has 1 aromatic rings. The Labute approximate surface area is 96.0 Å². The molecule has 0 spiro atoms. The molecular weight excluding hydrogens is 198 g/mol. The quantitative estimate of drug-likeness (QED) is 0.751. The first-order valence-electron chi connectivity index (χ1n) is 6.02. The monoisotopic (exact) mass is 215 g/mol. The summed E-state index contributed by atoms with van der Waals surface area (Å²) in [5.41, 5.74) is 1.77. The zero-order chi connectivity index (χ0) is 11.0. The second kappa shape index (κ2) is 3.63. The Kier molecular flexibility index (Phi) is 2.25. The summed E-state index contributed by atoms with van der Waals surface area (Å²) in [6, 6.07) is 8.45. The Balaban J connectivity index is 1.97. The Morgan fingerprint density at radius 3 is 3.00 bits per heavy atom. The maximum atomic E-state index is 10.9. The molecule has 16 heavy (non-hydrogen) atoms. The largest absolute Gasteiger partial charge is 0.385 e. The van der Waals surface area contributed by atoms with E-state index in [9.17, 15) is 5.11 Å².